The molecule has 0 bridgehead atoms. The average Bonchev–Trinajstić information content (AvgIpc) is 2.60. The molecule has 1 aromatic carbocycles. The van der Waals surface area contributed by atoms with E-state index in [1.807, 2.05) is 6.07 Å². The lowest BCUT2D eigenvalue weighted by Gasteiger charge is -2.22. The Bertz CT molecular complexity index is 603. The summed E-state index contributed by atoms with van der Waals surface area (Å²) in [7, 11) is 0. The summed E-state index contributed by atoms with van der Waals surface area (Å²) in [5.74, 6) is -0.125. The van der Waals surface area contributed by atoms with Crippen molar-refractivity contribution in [2.45, 2.75) is 51.0 Å². The van der Waals surface area contributed by atoms with E-state index in [1.165, 1.54) is 19.3 Å². The molecule has 1 aliphatic rings. The van der Waals surface area contributed by atoms with Crippen LogP contribution in [0.4, 0.5) is 10.5 Å². The number of nitrogens with zero attached hydrogens (tertiary/aromatic N) is 1. The second-order valence-corrected chi connectivity index (χ2v) is 6.08. The van der Waals surface area contributed by atoms with Gasteiger partial charge in [0.05, 0.1) is 11.6 Å². The Balaban J connectivity index is 1.60. The Morgan fingerprint density at radius 1 is 1.21 bits per heavy atom. The molecule has 24 heavy (non-hydrogen) atoms. The van der Waals surface area contributed by atoms with Crippen molar-refractivity contribution in [1.29, 1.82) is 5.26 Å². The van der Waals surface area contributed by atoms with E-state index in [0.29, 0.717) is 30.6 Å². The molecular weight excluding hydrogens is 304 g/mol. The highest BCUT2D eigenvalue weighted by molar-refractivity contribution is 5.90. The maximum atomic E-state index is 11.9. The van der Waals surface area contributed by atoms with Gasteiger partial charge in [0.25, 0.3) is 0 Å². The van der Waals surface area contributed by atoms with Gasteiger partial charge in [0, 0.05) is 24.7 Å². The number of amides is 3. The number of urea groups is 1. The van der Waals surface area contributed by atoms with Crippen LogP contribution in [-0.4, -0.2) is 24.5 Å². The molecule has 0 aliphatic heterocycles. The molecule has 6 heteroatoms. The zero-order chi connectivity index (χ0) is 17.2. The van der Waals surface area contributed by atoms with Gasteiger partial charge in [-0.05, 0) is 37.5 Å². The molecule has 0 saturated heterocycles. The third-order valence-corrected chi connectivity index (χ3v) is 4.08. The van der Waals surface area contributed by atoms with Crippen molar-refractivity contribution in [1.82, 2.24) is 10.6 Å². The molecule has 1 aromatic rings. The van der Waals surface area contributed by atoms with Gasteiger partial charge in [-0.3, -0.25) is 4.79 Å². The molecule has 0 spiro atoms. The van der Waals surface area contributed by atoms with Gasteiger partial charge in [-0.25, -0.2) is 4.79 Å². The minimum absolute atomic E-state index is 0.125. The van der Waals surface area contributed by atoms with Crippen LogP contribution in [-0.2, 0) is 4.79 Å². The van der Waals surface area contributed by atoms with E-state index in [9.17, 15) is 9.59 Å². The van der Waals surface area contributed by atoms with Crippen LogP contribution in [0.25, 0.3) is 0 Å². The van der Waals surface area contributed by atoms with Gasteiger partial charge in [-0.15, -0.1) is 0 Å². The Labute approximate surface area is 142 Å². The molecule has 128 valence electrons. The normalized spacial score (nSPS) is 14.5. The minimum atomic E-state index is -0.149. The lowest BCUT2D eigenvalue weighted by molar-refractivity contribution is -0.116. The predicted molar refractivity (Wildman–Crippen MR) is 92.4 cm³/mol. The molecule has 0 heterocycles. The van der Waals surface area contributed by atoms with Crippen LogP contribution in [0.3, 0.4) is 0 Å². The van der Waals surface area contributed by atoms with Crippen LogP contribution in [0.5, 0.6) is 0 Å². The molecule has 0 atom stereocenters. The highest BCUT2D eigenvalue weighted by Crippen LogP contribution is 2.17. The summed E-state index contributed by atoms with van der Waals surface area (Å²) in [5.41, 5.74) is 1.12. The molecule has 0 radical (unpaired) electrons. The molecule has 2 rings (SSSR count). The van der Waals surface area contributed by atoms with E-state index >= 15 is 0 Å². The number of nitrogens with one attached hydrogen (secondary N) is 3. The first-order valence-corrected chi connectivity index (χ1v) is 8.52. The van der Waals surface area contributed by atoms with Gasteiger partial charge in [0.2, 0.25) is 5.91 Å². The molecule has 1 aliphatic carbocycles. The molecule has 3 N–H and O–H groups in total. The van der Waals surface area contributed by atoms with E-state index in [2.05, 4.69) is 16.0 Å². The summed E-state index contributed by atoms with van der Waals surface area (Å²) in [6.07, 6.45) is 6.61. The van der Waals surface area contributed by atoms with Crippen LogP contribution in [0.1, 0.15) is 50.5 Å². The average molecular weight is 328 g/mol. The van der Waals surface area contributed by atoms with Crippen LogP contribution in [0.2, 0.25) is 0 Å². The second-order valence-electron chi connectivity index (χ2n) is 6.08. The van der Waals surface area contributed by atoms with Crippen molar-refractivity contribution in [3.05, 3.63) is 29.8 Å². The van der Waals surface area contributed by atoms with Crippen molar-refractivity contribution in [2.24, 2.45) is 0 Å². The lowest BCUT2D eigenvalue weighted by Crippen LogP contribution is -2.43. The maximum Gasteiger partial charge on any atom is 0.315 e. The van der Waals surface area contributed by atoms with Crippen LogP contribution in [0, 0.1) is 11.3 Å². The number of rotatable bonds is 6. The standard InChI is InChI=1S/C18H24N4O2/c19-13-14-6-4-9-16(12-14)21-17(23)10-5-11-20-18(24)22-15-7-2-1-3-8-15/h4,6,9,12,15H,1-3,5,7-8,10-11H2,(H,21,23)(H2,20,22,24). The van der Waals surface area contributed by atoms with Crippen molar-refractivity contribution in [3.8, 4) is 6.07 Å². The number of carbonyl (C=O) groups is 2. The first-order valence-electron chi connectivity index (χ1n) is 8.52. The predicted octanol–water partition coefficient (Wildman–Crippen LogP) is 2.91. The zero-order valence-corrected chi connectivity index (χ0v) is 13.8. The van der Waals surface area contributed by atoms with E-state index < -0.39 is 0 Å². The number of benzene rings is 1. The van der Waals surface area contributed by atoms with Crippen molar-refractivity contribution in [3.63, 3.8) is 0 Å². The molecule has 3 amide bonds. The lowest BCUT2D eigenvalue weighted by atomic mass is 9.96. The highest BCUT2D eigenvalue weighted by Gasteiger charge is 2.15. The molecule has 0 unspecified atom stereocenters. The van der Waals surface area contributed by atoms with Crippen molar-refractivity contribution < 1.29 is 9.59 Å². The SMILES string of the molecule is N#Cc1cccc(NC(=O)CCCNC(=O)NC2CCCCC2)c1. The van der Waals surface area contributed by atoms with Crippen molar-refractivity contribution in [2.75, 3.05) is 11.9 Å². The summed E-state index contributed by atoms with van der Waals surface area (Å²) in [6.45, 7) is 0.463. The molecule has 1 saturated carbocycles. The minimum Gasteiger partial charge on any atom is -0.338 e. The van der Waals surface area contributed by atoms with E-state index in [-0.39, 0.29) is 18.0 Å². The first-order chi connectivity index (χ1) is 11.7. The Kier molecular flexibility index (Phi) is 7.09. The Morgan fingerprint density at radius 3 is 2.75 bits per heavy atom. The summed E-state index contributed by atoms with van der Waals surface area (Å²) in [6, 6.07) is 8.96. The fourth-order valence-electron chi connectivity index (χ4n) is 2.82. The van der Waals surface area contributed by atoms with Gasteiger partial charge in [-0.1, -0.05) is 25.3 Å². The smallest absolute Gasteiger partial charge is 0.315 e. The second kappa shape index (κ2) is 9.56. The number of anilines is 1. The molecule has 0 aromatic heterocycles. The fourth-order valence-corrected chi connectivity index (χ4v) is 2.82. The molecular formula is C18H24N4O2. The third kappa shape index (κ3) is 6.29. The maximum absolute atomic E-state index is 11.9. The fraction of sp³-hybridized carbons (Fsp3) is 0.500. The van der Waals surface area contributed by atoms with Crippen molar-refractivity contribution >= 4 is 17.6 Å². The quantitative estimate of drug-likeness (QED) is 0.701. The summed E-state index contributed by atoms with van der Waals surface area (Å²) in [4.78, 5) is 23.6. The van der Waals surface area contributed by atoms with E-state index in [0.717, 1.165) is 12.8 Å². The topological polar surface area (TPSA) is 94.0 Å². The van der Waals surface area contributed by atoms with Gasteiger partial charge >= 0.3 is 6.03 Å². The summed E-state index contributed by atoms with van der Waals surface area (Å²) >= 11 is 0. The van der Waals surface area contributed by atoms with E-state index in [1.54, 1.807) is 24.3 Å². The number of hydrogen-bond acceptors (Lipinski definition) is 3. The molecule has 1 fully saturated rings. The largest absolute Gasteiger partial charge is 0.338 e. The van der Waals surface area contributed by atoms with E-state index in [4.69, 9.17) is 5.26 Å². The third-order valence-electron chi connectivity index (χ3n) is 4.08. The Hall–Kier alpha value is -2.55. The summed E-state index contributed by atoms with van der Waals surface area (Å²) in [5, 5.41) is 17.4. The molecule has 6 nitrogen and oxygen atoms in total. The number of carbonyl (C=O) groups excluding carboxylic acids is 2. The summed E-state index contributed by atoms with van der Waals surface area (Å²) < 4.78 is 0. The number of hydrogen-bond donors (Lipinski definition) is 3. The van der Waals surface area contributed by atoms with Crippen LogP contribution < -0.4 is 16.0 Å². The number of nitriles is 1. The van der Waals surface area contributed by atoms with Crippen LogP contribution in [0.15, 0.2) is 24.3 Å². The van der Waals surface area contributed by atoms with Gasteiger partial charge in [-0.2, -0.15) is 5.26 Å². The highest BCUT2D eigenvalue weighted by atomic mass is 16.2. The Morgan fingerprint density at radius 2 is 2.00 bits per heavy atom. The zero-order valence-electron chi connectivity index (χ0n) is 13.8. The van der Waals surface area contributed by atoms with Gasteiger partial charge in [0.15, 0.2) is 0 Å². The van der Waals surface area contributed by atoms with Gasteiger partial charge in [0.1, 0.15) is 0 Å². The van der Waals surface area contributed by atoms with Crippen LogP contribution >= 0.6 is 0 Å². The monoisotopic (exact) mass is 328 g/mol. The first kappa shape index (κ1) is 17.8. The van der Waals surface area contributed by atoms with Gasteiger partial charge < -0.3 is 16.0 Å².